The summed E-state index contributed by atoms with van der Waals surface area (Å²) in [7, 11) is 0. The Morgan fingerprint density at radius 3 is 1.45 bits per heavy atom. The van der Waals surface area contributed by atoms with Crippen LogP contribution in [0.4, 0.5) is 0 Å². The van der Waals surface area contributed by atoms with E-state index < -0.39 is 0 Å². The Morgan fingerprint density at radius 2 is 1.36 bits per heavy atom. The highest BCUT2D eigenvalue weighted by atomic mass is 79.9. The summed E-state index contributed by atoms with van der Waals surface area (Å²) in [6.45, 7) is 10.9. The maximum atomic E-state index is 3.72. The molecule has 0 radical (unpaired) electrons. The monoisotopic (exact) mass is 214 g/mol. The first-order valence-corrected chi connectivity index (χ1v) is 4.73. The van der Waals surface area contributed by atoms with Crippen LogP contribution in [0.5, 0.6) is 0 Å². The van der Waals surface area contributed by atoms with Gasteiger partial charge in [-0.3, -0.25) is 0 Å². The van der Waals surface area contributed by atoms with Gasteiger partial charge in [0.2, 0.25) is 0 Å². The Morgan fingerprint density at radius 1 is 1.00 bits per heavy atom. The van der Waals surface area contributed by atoms with Gasteiger partial charge < -0.3 is 0 Å². The van der Waals surface area contributed by atoms with Crippen molar-refractivity contribution in [1.82, 2.24) is 0 Å². The van der Waals surface area contributed by atoms with Gasteiger partial charge in [0.25, 0.3) is 0 Å². The van der Waals surface area contributed by atoms with Crippen molar-refractivity contribution in [3.05, 3.63) is 0 Å². The van der Waals surface area contributed by atoms with Crippen LogP contribution in [-0.4, -0.2) is 4.32 Å². The van der Waals surface area contributed by atoms with E-state index in [1.807, 2.05) is 6.92 Å². The average Bonchev–Trinajstić information content (AvgIpc) is 2.12. The number of hydrogen-bond acceptors (Lipinski definition) is 0. The lowest BCUT2D eigenvalue weighted by atomic mass is 10.0. The summed E-state index contributed by atoms with van der Waals surface area (Å²) in [6, 6.07) is 0. The van der Waals surface area contributed by atoms with Gasteiger partial charge >= 0.3 is 0 Å². The van der Waals surface area contributed by atoms with Crippen molar-refractivity contribution in [3.63, 3.8) is 0 Å². The van der Waals surface area contributed by atoms with Gasteiger partial charge in [-0.15, -0.1) is 5.92 Å². The van der Waals surface area contributed by atoms with E-state index in [0.29, 0.717) is 10.8 Å². The molecule has 11 heavy (non-hydrogen) atoms. The fourth-order valence-electron chi connectivity index (χ4n) is 1.73. The lowest BCUT2D eigenvalue weighted by molar-refractivity contribution is 0.457. The summed E-state index contributed by atoms with van der Waals surface area (Å²) in [4.78, 5) is 0. The maximum Gasteiger partial charge on any atom is 0.0974 e. The Hall–Kier alpha value is 0.0400. The number of halogens is 1. The highest BCUT2D eigenvalue weighted by molar-refractivity contribution is 9.10. The van der Waals surface area contributed by atoms with Crippen molar-refractivity contribution in [1.29, 1.82) is 0 Å². The van der Waals surface area contributed by atoms with Crippen molar-refractivity contribution < 1.29 is 0 Å². The molecule has 0 amide bonds. The molecular formula is C10H15Br. The molecule has 0 bridgehead atoms. The number of rotatable bonds is 0. The molecule has 1 aliphatic carbocycles. The van der Waals surface area contributed by atoms with Crippen LogP contribution in [0.1, 0.15) is 34.6 Å². The van der Waals surface area contributed by atoms with Gasteiger partial charge in [0.05, 0.1) is 4.32 Å². The molecule has 0 N–H and O–H groups in total. The minimum atomic E-state index is 0.0434. The van der Waals surface area contributed by atoms with Gasteiger partial charge in [-0.05, 0) is 17.8 Å². The van der Waals surface area contributed by atoms with Gasteiger partial charge in [0.1, 0.15) is 0 Å². The summed E-state index contributed by atoms with van der Waals surface area (Å²) in [5, 5.41) is 0. The van der Waals surface area contributed by atoms with E-state index >= 15 is 0 Å². The van der Waals surface area contributed by atoms with Crippen molar-refractivity contribution in [2.75, 3.05) is 0 Å². The number of alkyl halides is 1. The van der Waals surface area contributed by atoms with Crippen molar-refractivity contribution in [3.8, 4) is 11.8 Å². The second-order valence-corrected chi connectivity index (χ2v) is 5.47. The molecule has 0 atom stereocenters. The molecule has 1 saturated carbocycles. The predicted molar refractivity (Wildman–Crippen MR) is 52.7 cm³/mol. The third-order valence-corrected chi connectivity index (χ3v) is 5.70. The first-order chi connectivity index (χ1) is 4.81. The van der Waals surface area contributed by atoms with Crippen LogP contribution in [0.15, 0.2) is 0 Å². The Labute approximate surface area is 77.9 Å². The van der Waals surface area contributed by atoms with Crippen LogP contribution in [-0.2, 0) is 0 Å². The Balaban J connectivity index is 3.03. The first-order valence-electron chi connectivity index (χ1n) is 3.94. The van der Waals surface area contributed by atoms with E-state index in [9.17, 15) is 0 Å². The van der Waals surface area contributed by atoms with Crippen LogP contribution in [0.2, 0.25) is 0 Å². The maximum absolute atomic E-state index is 3.72. The standard InChI is InChI=1S/C10H15Br/c1-6-7-10(11)8(2,3)9(10,4)5/h1-5H3. The molecule has 1 aliphatic rings. The zero-order valence-corrected chi connectivity index (χ0v) is 9.46. The largest absolute Gasteiger partial charge is 0.105 e. The molecule has 62 valence electrons. The quantitative estimate of drug-likeness (QED) is 0.430. The van der Waals surface area contributed by atoms with Gasteiger partial charge in [0, 0.05) is 0 Å². The van der Waals surface area contributed by atoms with Gasteiger partial charge in [-0.25, -0.2) is 0 Å². The summed E-state index contributed by atoms with van der Waals surface area (Å²) >= 11 is 3.72. The second kappa shape index (κ2) is 2.04. The van der Waals surface area contributed by atoms with Gasteiger partial charge in [-0.1, -0.05) is 49.5 Å². The molecule has 0 spiro atoms. The van der Waals surface area contributed by atoms with E-state index in [4.69, 9.17) is 0 Å². The molecule has 0 aromatic carbocycles. The van der Waals surface area contributed by atoms with Gasteiger partial charge in [0.15, 0.2) is 0 Å². The molecule has 1 heteroatoms. The van der Waals surface area contributed by atoms with Crippen LogP contribution in [0, 0.1) is 22.7 Å². The smallest absolute Gasteiger partial charge is 0.0974 e. The second-order valence-electron chi connectivity index (χ2n) is 4.28. The molecule has 0 saturated heterocycles. The molecule has 0 aromatic heterocycles. The topological polar surface area (TPSA) is 0 Å². The molecule has 0 aliphatic heterocycles. The van der Waals surface area contributed by atoms with E-state index in [1.54, 1.807) is 0 Å². The molecule has 0 heterocycles. The van der Waals surface area contributed by atoms with Crippen molar-refractivity contribution in [2.45, 2.75) is 38.9 Å². The molecule has 1 rings (SSSR count). The zero-order chi connectivity index (χ0) is 8.91. The number of hydrogen-bond donors (Lipinski definition) is 0. The minimum Gasteiger partial charge on any atom is -0.105 e. The SMILES string of the molecule is CC#CC1(Br)C(C)(C)C1(C)C. The van der Waals surface area contributed by atoms with Crippen LogP contribution < -0.4 is 0 Å². The summed E-state index contributed by atoms with van der Waals surface area (Å²) in [5.41, 5.74) is 0.589. The fraction of sp³-hybridized carbons (Fsp3) is 0.800. The highest BCUT2D eigenvalue weighted by Gasteiger charge is 2.75. The Bertz CT molecular complexity index is 223. The zero-order valence-electron chi connectivity index (χ0n) is 7.88. The van der Waals surface area contributed by atoms with Crippen LogP contribution in [0.3, 0.4) is 0 Å². The third kappa shape index (κ3) is 0.770. The summed E-state index contributed by atoms with van der Waals surface area (Å²) < 4.78 is 0.0434. The molecular weight excluding hydrogens is 200 g/mol. The van der Waals surface area contributed by atoms with Crippen molar-refractivity contribution >= 4 is 15.9 Å². The minimum absolute atomic E-state index is 0.0434. The average molecular weight is 215 g/mol. The normalized spacial score (nSPS) is 28.5. The summed E-state index contributed by atoms with van der Waals surface area (Å²) in [5.74, 6) is 6.23. The van der Waals surface area contributed by atoms with Crippen LogP contribution >= 0.6 is 15.9 Å². The lowest BCUT2D eigenvalue weighted by Gasteiger charge is -2.02. The lowest BCUT2D eigenvalue weighted by Crippen LogP contribution is -2.04. The first kappa shape index (κ1) is 9.13. The van der Waals surface area contributed by atoms with E-state index in [-0.39, 0.29) is 4.32 Å². The van der Waals surface area contributed by atoms with E-state index in [2.05, 4.69) is 55.5 Å². The van der Waals surface area contributed by atoms with Crippen molar-refractivity contribution in [2.24, 2.45) is 10.8 Å². The fourth-order valence-corrected chi connectivity index (χ4v) is 2.82. The highest BCUT2D eigenvalue weighted by Crippen LogP contribution is 2.75. The predicted octanol–water partition coefficient (Wildman–Crippen LogP) is 3.21. The Kier molecular flexibility index (Phi) is 1.70. The molecule has 0 nitrogen and oxygen atoms in total. The molecule has 0 aromatic rings. The van der Waals surface area contributed by atoms with Crippen LogP contribution in [0.25, 0.3) is 0 Å². The van der Waals surface area contributed by atoms with Gasteiger partial charge in [-0.2, -0.15) is 0 Å². The summed E-state index contributed by atoms with van der Waals surface area (Å²) in [6.07, 6.45) is 0. The van der Waals surface area contributed by atoms with E-state index in [1.165, 1.54) is 0 Å². The molecule has 0 unspecified atom stereocenters. The third-order valence-electron chi connectivity index (χ3n) is 3.52. The molecule has 1 fully saturated rings. The van der Waals surface area contributed by atoms with E-state index in [0.717, 1.165) is 0 Å².